The number of hydrogen-bond donors (Lipinski definition) is 3. The van der Waals surface area contributed by atoms with Crippen LogP contribution in [0.25, 0.3) is 34.8 Å². The Kier molecular flexibility index (Phi) is 7.81. The summed E-state index contributed by atoms with van der Waals surface area (Å²) in [6.07, 6.45) is 12.3. The molecule has 0 amide bonds. The first-order valence-electron chi connectivity index (χ1n) is 13.5. The third-order valence-corrected chi connectivity index (χ3v) is 7.47. The van der Waals surface area contributed by atoms with E-state index >= 15 is 0 Å². The van der Waals surface area contributed by atoms with Crippen LogP contribution in [0.15, 0.2) is 37.3 Å². The molecule has 0 unspecified atom stereocenters. The molecule has 3 N–H and O–H groups in total. The molecule has 1 fully saturated rings. The van der Waals surface area contributed by atoms with Crippen LogP contribution in [0.2, 0.25) is 0 Å². The average Bonchev–Trinajstić information content (AvgIpc) is 3.53. The smallest absolute Gasteiger partial charge is 0.116 e. The topological polar surface area (TPSA) is 79.1 Å². The summed E-state index contributed by atoms with van der Waals surface area (Å²) in [5, 5.41) is 13.4. The Morgan fingerprint density at radius 3 is 2.74 bits per heavy atom. The number of aromatic nitrogens is 4. The first-order chi connectivity index (χ1) is 18.4. The van der Waals surface area contributed by atoms with Gasteiger partial charge in [-0.25, -0.2) is 0 Å². The summed E-state index contributed by atoms with van der Waals surface area (Å²) in [5.41, 5.74) is 8.83. The Hall–Kier alpha value is -3.62. The minimum absolute atomic E-state index is 0.780. The van der Waals surface area contributed by atoms with E-state index in [1.54, 1.807) is 0 Å². The molecule has 0 radical (unpaired) electrons. The number of allylic oxidation sites excluding steroid dienone is 1. The van der Waals surface area contributed by atoms with Gasteiger partial charge in [0.1, 0.15) is 5.69 Å². The van der Waals surface area contributed by atoms with E-state index in [0.717, 1.165) is 85.2 Å². The maximum atomic E-state index is 4.73. The van der Waals surface area contributed by atoms with Crippen molar-refractivity contribution in [3.63, 3.8) is 0 Å². The number of H-pyrrole nitrogens is 2. The van der Waals surface area contributed by atoms with Crippen LogP contribution in [0.3, 0.4) is 0 Å². The quantitative estimate of drug-likeness (QED) is 0.430. The van der Waals surface area contributed by atoms with Gasteiger partial charge >= 0.3 is 0 Å². The maximum absolute atomic E-state index is 4.73. The molecule has 0 aliphatic carbocycles. The lowest BCUT2D eigenvalue weighted by Gasteiger charge is -2.36. The van der Waals surface area contributed by atoms with Crippen molar-refractivity contribution >= 4 is 23.4 Å². The van der Waals surface area contributed by atoms with Gasteiger partial charge in [-0.1, -0.05) is 12.7 Å². The van der Waals surface area contributed by atoms with Crippen molar-refractivity contribution in [1.29, 1.82) is 0 Å². The van der Waals surface area contributed by atoms with Gasteiger partial charge in [-0.2, -0.15) is 5.10 Å². The molecule has 0 saturated carbocycles. The lowest BCUT2D eigenvalue weighted by molar-refractivity contribution is 0.206. The van der Waals surface area contributed by atoms with Crippen LogP contribution in [0.1, 0.15) is 35.7 Å². The van der Waals surface area contributed by atoms with Crippen molar-refractivity contribution < 1.29 is 0 Å². The Morgan fingerprint density at radius 1 is 1.16 bits per heavy atom. The minimum Gasteiger partial charge on any atom is -0.384 e. The van der Waals surface area contributed by atoms with Crippen LogP contribution in [-0.4, -0.2) is 88.7 Å². The van der Waals surface area contributed by atoms with Crippen LogP contribution in [0.5, 0.6) is 0 Å². The van der Waals surface area contributed by atoms with E-state index in [4.69, 9.17) is 5.10 Å². The monoisotopic (exact) mass is 512 g/mol. The number of likely N-dealkylation sites (N-methyl/N-ethyl adjacent to an activating group) is 1. The first-order valence-corrected chi connectivity index (χ1v) is 13.5. The molecule has 5 rings (SSSR count). The van der Waals surface area contributed by atoms with Gasteiger partial charge in [0.25, 0.3) is 0 Å². The molecule has 0 atom stereocenters. The predicted octanol–water partition coefficient (Wildman–Crippen LogP) is 2.24. The fourth-order valence-corrected chi connectivity index (χ4v) is 5.22. The van der Waals surface area contributed by atoms with Gasteiger partial charge in [-0.3, -0.25) is 10.1 Å². The zero-order valence-electron chi connectivity index (χ0n) is 23.1. The van der Waals surface area contributed by atoms with Gasteiger partial charge in [0.15, 0.2) is 0 Å². The number of hydrogen-bond acceptors (Lipinski definition) is 6. The summed E-state index contributed by atoms with van der Waals surface area (Å²) in [5.74, 6) is 0. The summed E-state index contributed by atoms with van der Waals surface area (Å²) < 4.78 is 0. The molecule has 2 aliphatic heterocycles. The number of rotatable bonds is 8. The highest BCUT2D eigenvalue weighted by Crippen LogP contribution is 2.30. The number of piperazine rings is 1. The molecule has 1 saturated heterocycles. The maximum Gasteiger partial charge on any atom is 0.116 e. The molecule has 0 bridgehead atoms. The summed E-state index contributed by atoms with van der Waals surface area (Å²) in [6.45, 7) is 12.5. The molecule has 2 aliphatic rings. The number of pyridine rings is 1. The summed E-state index contributed by atoms with van der Waals surface area (Å²) in [6, 6.07) is 4.46. The molecule has 8 heteroatoms. The van der Waals surface area contributed by atoms with Crippen molar-refractivity contribution in [2.24, 2.45) is 0 Å². The molecular weight excluding hydrogens is 472 g/mol. The molecule has 3 aromatic heterocycles. The molecule has 5 heterocycles. The number of aryl methyl sites for hydroxylation is 1. The molecule has 38 heavy (non-hydrogen) atoms. The van der Waals surface area contributed by atoms with E-state index in [0.29, 0.717) is 0 Å². The lowest BCUT2D eigenvalue weighted by atomic mass is 10.0. The molecule has 8 nitrogen and oxygen atoms in total. The Balaban J connectivity index is 1.44. The van der Waals surface area contributed by atoms with Crippen molar-refractivity contribution in [2.45, 2.75) is 26.3 Å². The van der Waals surface area contributed by atoms with Gasteiger partial charge in [0.05, 0.1) is 23.3 Å². The van der Waals surface area contributed by atoms with Crippen molar-refractivity contribution in [1.82, 2.24) is 40.2 Å². The number of nitrogens with one attached hydrogen (secondary N) is 3. The van der Waals surface area contributed by atoms with E-state index < -0.39 is 0 Å². The zero-order valence-corrected chi connectivity index (χ0v) is 23.1. The largest absolute Gasteiger partial charge is 0.384 e. The standard InChI is InChI=1S/C30H40N8/c1-6-26-25(14-21(2)23-15-22(17-31-18-23)8-7-9-36(3)4)30(35-34-26)27-16-24-28(33-27)19-32-20-29(24)38-12-10-37(5)11-13-38/h6,14-18,20,32-34H,2,7-13,19H2,1,3-5H3/b25-14+,26-6+. The predicted molar refractivity (Wildman–Crippen MR) is 156 cm³/mol. The zero-order chi connectivity index (χ0) is 26.6. The first kappa shape index (κ1) is 26.0. The number of aromatic amines is 2. The molecule has 3 aromatic rings. The molecular formula is C30H40N8. The average molecular weight is 513 g/mol. The van der Waals surface area contributed by atoms with Gasteiger partial charge in [-0.15, -0.1) is 0 Å². The number of fused-ring (bicyclic) bond motifs is 1. The van der Waals surface area contributed by atoms with Crippen molar-refractivity contribution in [2.75, 3.05) is 53.9 Å². The van der Waals surface area contributed by atoms with E-state index in [1.807, 2.05) is 19.3 Å². The highest BCUT2D eigenvalue weighted by Gasteiger charge is 2.24. The highest BCUT2D eigenvalue weighted by molar-refractivity contribution is 5.88. The lowest BCUT2D eigenvalue weighted by Crippen LogP contribution is -2.44. The molecule has 0 spiro atoms. The fourth-order valence-electron chi connectivity index (χ4n) is 5.22. The molecule has 200 valence electrons. The van der Waals surface area contributed by atoms with Gasteiger partial charge in [-0.05, 0) is 82.4 Å². The minimum atomic E-state index is 0.780. The Bertz CT molecular complexity index is 1430. The van der Waals surface area contributed by atoms with Crippen LogP contribution >= 0.6 is 0 Å². The van der Waals surface area contributed by atoms with Gasteiger partial charge in [0.2, 0.25) is 0 Å². The van der Waals surface area contributed by atoms with E-state index in [1.165, 1.54) is 22.5 Å². The fraction of sp³-hybridized carbons (Fsp3) is 0.400. The van der Waals surface area contributed by atoms with Crippen molar-refractivity contribution in [3.05, 3.63) is 70.3 Å². The summed E-state index contributed by atoms with van der Waals surface area (Å²) >= 11 is 0. The van der Waals surface area contributed by atoms with Gasteiger partial charge in [0, 0.05) is 61.2 Å². The Morgan fingerprint density at radius 2 is 1.97 bits per heavy atom. The van der Waals surface area contributed by atoms with E-state index in [9.17, 15) is 0 Å². The summed E-state index contributed by atoms with van der Waals surface area (Å²) in [7, 11) is 6.40. The highest BCUT2D eigenvalue weighted by atomic mass is 15.3. The number of nitrogens with zero attached hydrogens (tertiary/aromatic N) is 5. The second kappa shape index (κ2) is 11.4. The van der Waals surface area contributed by atoms with Crippen LogP contribution < -0.4 is 15.9 Å². The second-order valence-corrected chi connectivity index (χ2v) is 10.6. The van der Waals surface area contributed by atoms with E-state index in [-0.39, 0.29) is 0 Å². The SMILES string of the molecule is C=C(/C=c1/c(-c2cc3c([nH]2)CNC=C3N2CCN(C)CC2)n[nH]/c1=C/C)c1cncc(CCCN(C)C)c1. The third kappa shape index (κ3) is 5.61. The van der Waals surface area contributed by atoms with E-state index in [2.05, 4.69) is 93.3 Å². The van der Waals surface area contributed by atoms with Crippen LogP contribution in [0, 0.1) is 0 Å². The molecule has 0 aromatic carbocycles. The Labute approximate surface area is 225 Å². The normalized spacial score (nSPS) is 17.1. The second-order valence-electron chi connectivity index (χ2n) is 10.6. The van der Waals surface area contributed by atoms with Crippen LogP contribution in [0.4, 0.5) is 0 Å². The van der Waals surface area contributed by atoms with Crippen LogP contribution in [-0.2, 0) is 13.0 Å². The van der Waals surface area contributed by atoms with Crippen molar-refractivity contribution in [3.8, 4) is 11.4 Å². The van der Waals surface area contributed by atoms with Gasteiger partial charge < -0.3 is 25.0 Å². The summed E-state index contributed by atoms with van der Waals surface area (Å²) in [4.78, 5) is 15.2. The third-order valence-electron chi connectivity index (χ3n) is 7.47.